The molecule has 2 aliphatic rings. The van der Waals surface area contributed by atoms with Crippen molar-refractivity contribution in [2.24, 2.45) is 0 Å². The number of amides is 1. The third-order valence-electron chi connectivity index (χ3n) is 5.50. The Hall–Kier alpha value is -2.86. The Bertz CT molecular complexity index is 866. The third-order valence-corrected chi connectivity index (χ3v) is 5.50. The molecule has 2 aromatic rings. The summed E-state index contributed by atoms with van der Waals surface area (Å²) in [5.74, 6) is -1.15. The fourth-order valence-electron chi connectivity index (χ4n) is 4.33. The van der Waals surface area contributed by atoms with Gasteiger partial charge >= 0.3 is 12.1 Å². The number of rotatable bonds is 3. The predicted molar refractivity (Wildman–Crippen MR) is 103 cm³/mol. The van der Waals surface area contributed by atoms with Crippen LogP contribution in [0.5, 0.6) is 0 Å². The van der Waals surface area contributed by atoms with Crippen molar-refractivity contribution in [1.82, 2.24) is 4.90 Å². The zero-order chi connectivity index (χ0) is 19.8. The van der Waals surface area contributed by atoms with E-state index < -0.39 is 24.2 Å². The molecular formula is C22H23NO5. The Morgan fingerprint density at radius 1 is 1.07 bits per heavy atom. The van der Waals surface area contributed by atoms with Crippen LogP contribution in [0.2, 0.25) is 0 Å². The second-order valence-corrected chi connectivity index (χ2v) is 7.39. The fraction of sp³-hybridized carbons (Fsp3) is 0.364. The van der Waals surface area contributed by atoms with E-state index in [1.54, 1.807) is 6.92 Å². The molecule has 1 N–H and O–H groups in total. The summed E-state index contributed by atoms with van der Waals surface area (Å²) in [7, 11) is 0. The van der Waals surface area contributed by atoms with Crippen LogP contribution in [0.15, 0.2) is 48.5 Å². The number of ether oxygens (including phenoxy) is 2. The van der Waals surface area contributed by atoms with Gasteiger partial charge < -0.3 is 14.6 Å². The highest BCUT2D eigenvalue weighted by Crippen LogP contribution is 2.44. The molecule has 0 aromatic heterocycles. The number of fused-ring (bicyclic) bond motifs is 3. The van der Waals surface area contributed by atoms with E-state index in [0.29, 0.717) is 0 Å². The predicted octanol–water partition coefficient (Wildman–Crippen LogP) is 3.50. The number of aliphatic carboxylic acids is 1. The number of carboxylic acids is 1. The summed E-state index contributed by atoms with van der Waals surface area (Å²) >= 11 is 0. The summed E-state index contributed by atoms with van der Waals surface area (Å²) < 4.78 is 11.2. The van der Waals surface area contributed by atoms with E-state index in [9.17, 15) is 14.7 Å². The van der Waals surface area contributed by atoms with E-state index in [-0.39, 0.29) is 25.2 Å². The van der Waals surface area contributed by atoms with E-state index >= 15 is 0 Å². The number of hydrogen-bond acceptors (Lipinski definition) is 4. The number of hydrogen-bond donors (Lipinski definition) is 1. The highest BCUT2D eigenvalue weighted by Gasteiger charge is 2.41. The number of benzene rings is 2. The van der Waals surface area contributed by atoms with Crippen molar-refractivity contribution in [1.29, 1.82) is 0 Å². The van der Waals surface area contributed by atoms with Crippen molar-refractivity contribution < 1.29 is 24.2 Å². The summed E-state index contributed by atoms with van der Waals surface area (Å²) in [6.45, 7) is 3.84. The van der Waals surface area contributed by atoms with Gasteiger partial charge in [0.2, 0.25) is 0 Å². The lowest BCUT2D eigenvalue weighted by Crippen LogP contribution is -2.59. The van der Waals surface area contributed by atoms with Gasteiger partial charge in [0.25, 0.3) is 0 Å². The Morgan fingerprint density at radius 2 is 1.64 bits per heavy atom. The second kappa shape index (κ2) is 7.28. The molecule has 6 heteroatoms. The van der Waals surface area contributed by atoms with Crippen LogP contribution >= 0.6 is 0 Å². The minimum atomic E-state index is -1.09. The first-order chi connectivity index (χ1) is 13.5. The van der Waals surface area contributed by atoms with Crippen LogP contribution in [0, 0.1) is 0 Å². The zero-order valence-corrected chi connectivity index (χ0v) is 15.9. The smallest absolute Gasteiger partial charge is 0.410 e. The lowest BCUT2D eigenvalue weighted by molar-refractivity contribution is -0.159. The summed E-state index contributed by atoms with van der Waals surface area (Å²) in [5.41, 5.74) is 4.54. The van der Waals surface area contributed by atoms with E-state index in [2.05, 4.69) is 12.1 Å². The first kappa shape index (κ1) is 18.5. The molecule has 1 unspecified atom stereocenters. The molecule has 0 bridgehead atoms. The van der Waals surface area contributed by atoms with Crippen LogP contribution in [0.4, 0.5) is 4.79 Å². The zero-order valence-electron chi connectivity index (χ0n) is 15.9. The lowest BCUT2D eigenvalue weighted by Gasteiger charge is -2.39. The SMILES string of the molecule is C[C@@H]1CN(C(=O)OCC2c3ccccc3-c3ccccc32)C(C(=O)O)[C@@H](C)O1. The van der Waals surface area contributed by atoms with Crippen molar-refractivity contribution in [2.45, 2.75) is 38.0 Å². The van der Waals surface area contributed by atoms with Gasteiger partial charge in [0.1, 0.15) is 6.61 Å². The minimum absolute atomic E-state index is 0.0597. The standard InChI is InChI=1S/C22H23NO5/c1-13-11-23(20(21(24)25)14(2)28-13)22(26)27-12-19-17-9-5-3-7-15(17)16-8-4-6-10-18(16)19/h3-10,13-14,19-20H,11-12H2,1-2H3,(H,24,25)/t13-,14-,20?/m1/s1. The summed E-state index contributed by atoms with van der Waals surface area (Å²) in [6.07, 6.45) is -1.45. The minimum Gasteiger partial charge on any atom is -0.480 e. The molecule has 1 fully saturated rings. The lowest BCUT2D eigenvalue weighted by atomic mass is 9.98. The topological polar surface area (TPSA) is 76.1 Å². The summed E-state index contributed by atoms with van der Waals surface area (Å²) in [6, 6.07) is 15.1. The third kappa shape index (κ3) is 3.14. The van der Waals surface area contributed by atoms with Gasteiger partial charge in [0.05, 0.1) is 18.8 Å². The van der Waals surface area contributed by atoms with Crippen LogP contribution < -0.4 is 0 Å². The van der Waals surface area contributed by atoms with E-state index in [1.165, 1.54) is 4.90 Å². The Labute approximate surface area is 163 Å². The largest absolute Gasteiger partial charge is 0.480 e. The first-order valence-electron chi connectivity index (χ1n) is 9.47. The monoisotopic (exact) mass is 381 g/mol. The molecule has 1 aliphatic carbocycles. The van der Waals surface area contributed by atoms with Gasteiger partial charge in [-0.1, -0.05) is 48.5 Å². The molecule has 1 amide bonds. The molecule has 0 spiro atoms. The summed E-state index contributed by atoms with van der Waals surface area (Å²) in [4.78, 5) is 25.7. The van der Waals surface area contributed by atoms with Gasteiger partial charge in [-0.2, -0.15) is 0 Å². The second-order valence-electron chi connectivity index (χ2n) is 7.39. The van der Waals surface area contributed by atoms with Gasteiger partial charge in [-0.05, 0) is 36.1 Å². The number of morpholine rings is 1. The molecule has 1 aliphatic heterocycles. The molecule has 4 rings (SSSR count). The van der Waals surface area contributed by atoms with Crippen LogP contribution in [0.3, 0.4) is 0 Å². The van der Waals surface area contributed by atoms with E-state index in [4.69, 9.17) is 9.47 Å². The maximum Gasteiger partial charge on any atom is 0.410 e. The van der Waals surface area contributed by atoms with Gasteiger partial charge in [0, 0.05) is 5.92 Å². The molecule has 0 radical (unpaired) electrons. The molecule has 28 heavy (non-hydrogen) atoms. The number of nitrogens with zero attached hydrogens (tertiary/aromatic N) is 1. The van der Waals surface area contributed by atoms with Gasteiger partial charge in [-0.25, -0.2) is 9.59 Å². The van der Waals surface area contributed by atoms with Crippen molar-refractivity contribution in [2.75, 3.05) is 13.2 Å². The maximum absolute atomic E-state index is 12.8. The highest BCUT2D eigenvalue weighted by atomic mass is 16.6. The van der Waals surface area contributed by atoms with Gasteiger partial charge in [-0.15, -0.1) is 0 Å². The van der Waals surface area contributed by atoms with E-state index in [0.717, 1.165) is 22.3 Å². The van der Waals surface area contributed by atoms with Crippen molar-refractivity contribution in [3.8, 4) is 11.1 Å². The van der Waals surface area contributed by atoms with Crippen molar-refractivity contribution in [3.05, 3.63) is 59.7 Å². The average molecular weight is 381 g/mol. The summed E-state index contributed by atoms with van der Waals surface area (Å²) in [5, 5.41) is 9.52. The molecule has 1 saturated heterocycles. The molecule has 0 saturated carbocycles. The average Bonchev–Trinajstić information content (AvgIpc) is 2.99. The molecular weight excluding hydrogens is 358 g/mol. The highest BCUT2D eigenvalue weighted by molar-refractivity contribution is 5.81. The molecule has 2 aromatic carbocycles. The quantitative estimate of drug-likeness (QED) is 0.881. The fourth-order valence-corrected chi connectivity index (χ4v) is 4.33. The van der Waals surface area contributed by atoms with Crippen molar-refractivity contribution in [3.63, 3.8) is 0 Å². The maximum atomic E-state index is 12.8. The normalized spacial score (nSPS) is 23.8. The van der Waals surface area contributed by atoms with Crippen LogP contribution in [-0.2, 0) is 14.3 Å². The number of carbonyl (C=O) groups excluding carboxylic acids is 1. The molecule has 1 heterocycles. The van der Waals surface area contributed by atoms with Gasteiger partial charge in [-0.3, -0.25) is 4.90 Å². The number of carboxylic acid groups (broad SMARTS) is 1. The van der Waals surface area contributed by atoms with Crippen molar-refractivity contribution >= 4 is 12.1 Å². The number of carbonyl (C=O) groups is 2. The van der Waals surface area contributed by atoms with E-state index in [1.807, 2.05) is 43.3 Å². The Kier molecular flexibility index (Phi) is 4.81. The Morgan fingerprint density at radius 3 is 2.21 bits per heavy atom. The molecule has 146 valence electrons. The van der Waals surface area contributed by atoms with Crippen LogP contribution in [0.25, 0.3) is 11.1 Å². The molecule has 3 atom stereocenters. The first-order valence-corrected chi connectivity index (χ1v) is 9.47. The van der Waals surface area contributed by atoms with Crippen LogP contribution in [-0.4, -0.2) is 53.5 Å². The molecule has 6 nitrogen and oxygen atoms in total. The van der Waals surface area contributed by atoms with Gasteiger partial charge in [0.15, 0.2) is 6.04 Å². The van der Waals surface area contributed by atoms with Crippen LogP contribution in [0.1, 0.15) is 30.9 Å². The Balaban J connectivity index is 1.54.